The summed E-state index contributed by atoms with van der Waals surface area (Å²) < 4.78 is 0. The molecule has 1 saturated carbocycles. The summed E-state index contributed by atoms with van der Waals surface area (Å²) in [5.74, 6) is 0.962. The average molecular weight is 447 g/mol. The van der Waals surface area contributed by atoms with E-state index in [1.54, 1.807) is 0 Å². The third-order valence-corrected chi connectivity index (χ3v) is 7.19. The quantitative estimate of drug-likeness (QED) is 0.710. The molecule has 1 aliphatic carbocycles. The summed E-state index contributed by atoms with van der Waals surface area (Å²) in [6.45, 7) is 6.72. The summed E-state index contributed by atoms with van der Waals surface area (Å²) in [5, 5.41) is 2.96. The summed E-state index contributed by atoms with van der Waals surface area (Å²) in [7, 11) is 0. The van der Waals surface area contributed by atoms with E-state index in [1.807, 2.05) is 23.1 Å². The molecule has 174 valence electrons. The largest absolute Gasteiger partial charge is 0.353 e. The fourth-order valence-corrected chi connectivity index (χ4v) is 4.98. The van der Waals surface area contributed by atoms with Gasteiger partial charge in [0.25, 0.3) is 0 Å². The lowest BCUT2D eigenvalue weighted by Crippen LogP contribution is -2.57. The predicted octanol–water partition coefficient (Wildman–Crippen LogP) is 2.60. The van der Waals surface area contributed by atoms with Crippen molar-refractivity contribution in [1.82, 2.24) is 20.0 Å². The molecule has 2 amide bonds. The second kappa shape index (κ2) is 10.1. The van der Waals surface area contributed by atoms with Crippen LogP contribution in [-0.4, -0.2) is 78.4 Å². The first-order chi connectivity index (χ1) is 16.2. The van der Waals surface area contributed by atoms with E-state index in [-0.39, 0.29) is 18.2 Å². The number of benzene rings is 2. The van der Waals surface area contributed by atoms with Gasteiger partial charge in [0, 0.05) is 52.4 Å². The van der Waals surface area contributed by atoms with Crippen LogP contribution in [0.2, 0.25) is 0 Å². The summed E-state index contributed by atoms with van der Waals surface area (Å²) in [6, 6.07) is 18.5. The van der Waals surface area contributed by atoms with Crippen molar-refractivity contribution in [3.05, 3.63) is 60.2 Å². The Labute approximate surface area is 196 Å². The lowest BCUT2D eigenvalue weighted by molar-refractivity contribution is -0.140. The molecule has 6 heteroatoms. The molecule has 1 atom stereocenters. The number of nitrogens with zero attached hydrogens (tertiary/aromatic N) is 3. The number of piperazine rings is 2. The number of hydrogen-bond donors (Lipinski definition) is 1. The number of nitrogens with one attached hydrogen (secondary N) is 1. The highest BCUT2D eigenvalue weighted by atomic mass is 16.2. The van der Waals surface area contributed by atoms with Gasteiger partial charge in [0.05, 0.1) is 12.5 Å². The Kier molecular flexibility index (Phi) is 6.74. The highest BCUT2D eigenvalue weighted by Crippen LogP contribution is 2.30. The van der Waals surface area contributed by atoms with Crippen LogP contribution in [0.3, 0.4) is 0 Å². The molecule has 33 heavy (non-hydrogen) atoms. The first-order valence-corrected chi connectivity index (χ1v) is 12.3. The SMILES string of the molecule is O=C1NCCN(Cc2ccc(-c3ccccc3)cc2)[C@@H]1CC(=O)N1CCN(CC2CC2)CC1. The van der Waals surface area contributed by atoms with Gasteiger partial charge in [0.15, 0.2) is 0 Å². The second-order valence-electron chi connectivity index (χ2n) is 9.67. The fraction of sp³-hybridized carbons (Fsp3) is 0.481. The monoisotopic (exact) mass is 446 g/mol. The normalized spacial score (nSPS) is 22.2. The molecule has 2 aliphatic heterocycles. The predicted molar refractivity (Wildman–Crippen MR) is 129 cm³/mol. The molecule has 0 aromatic heterocycles. The standard InChI is InChI=1S/C27H34N4O2/c32-26(30-16-14-29(15-17-30)19-21-6-7-21)18-25-27(33)28-12-13-31(25)20-22-8-10-24(11-9-22)23-4-2-1-3-5-23/h1-5,8-11,21,25H,6-7,12-20H2,(H,28,33)/t25-/m1/s1. The Morgan fingerprint density at radius 2 is 1.58 bits per heavy atom. The number of carbonyl (C=O) groups excluding carboxylic acids is 2. The van der Waals surface area contributed by atoms with Gasteiger partial charge in [-0.1, -0.05) is 54.6 Å². The van der Waals surface area contributed by atoms with Crippen LogP contribution in [0.5, 0.6) is 0 Å². The van der Waals surface area contributed by atoms with E-state index in [1.165, 1.54) is 30.5 Å². The van der Waals surface area contributed by atoms with Crippen LogP contribution in [0.15, 0.2) is 54.6 Å². The maximum atomic E-state index is 13.1. The first kappa shape index (κ1) is 22.1. The van der Waals surface area contributed by atoms with Crippen molar-refractivity contribution in [1.29, 1.82) is 0 Å². The second-order valence-corrected chi connectivity index (χ2v) is 9.67. The molecule has 6 nitrogen and oxygen atoms in total. The van der Waals surface area contributed by atoms with Gasteiger partial charge in [0.1, 0.15) is 0 Å². The maximum absolute atomic E-state index is 13.1. The van der Waals surface area contributed by atoms with E-state index in [0.29, 0.717) is 13.1 Å². The Hall–Kier alpha value is -2.70. The van der Waals surface area contributed by atoms with Crippen LogP contribution < -0.4 is 5.32 Å². The van der Waals surface area contributed by atoms with E-state index < -0.39 is 6.04 Å². The van der Waals surface area contributed by atoms with Gasteiger partial charge < -0.3 is 10.2 Å². The molecule has 0 bridgehead atoms. The first-order valence-electron chi connectivity index (χ1n) is 12.3. The lowest BCUT2D eigenvalue weighted by Gasteiger charge is -2.38. The minimum atomic E-state index is -0.399. The van der Waals surface area contributed by atoms with E-state index in [2.05, 4.69) is 51.5 Å². The molecule has 2 saturated heterocycles. The van der Waals surface area contributed by atoms with E-state index in [4.69, 9.17) is 0 Å². The summed E-state index contributed by atoms with van der Waals surface area (Å²) in [6.07, 6.45) is 2.98. The van der Waals surface area contributed by atoms with Gasteiger partial charge in [-0.05, 0) is 35.4 Å². The Bertz CT molecular complexity index is 950. The molecule has 5 rings (SSSR count). The topological polar surface area (TPSA) is 55.9 Å². The van der Waals surface area contributed by atoms with Gasteiger partial charge in [-0.2, -0.15) is 0 Å². The van der Waals surface area contributed by atoms with Crippen LogP contribution in [0, 0.1) is 5.92 Å². The zero-order chi connectivity index (χ0) is 22.6. The highest BCUT2D eigenvalue weighted by molar-refractivity contribution is 5.89. The minimum absolute atomic E-state index is 0.0251. The number of rotatable bonds is 7. The average Bonchev–Trinajstić information content (AvgIpc) is 3.67. The lowest BCUT2D eigenvalue weighted by atomic mass is 10.0. The number of carbonyl (C=O) groups is 2. The van der Waals surface area contributed by atoms with Crippen LogP contribution in [-0.2, 0) is 16.1 Å². The van der Waals surface area contributed by atoms with E-state index in [0.717, 1.165) is 44.2 Å². The van der Waals surface area contributed by atoms with Crippen molar-refractivity contribution in [2.45, 2.75) is 31.8 Å². The molecule has 2 heterocycles. The molecule has 3 fully saturated rings. The summed E-state index contributed by atoms with van der Waals surface area (Å²) in [4.78, 5) is 32.4. The van der Waals surface area contributed by atoms with Crippen molar-refractivity contribution in [2.75, 3.05) is 45.8 Å². The van der Waals surface area contributed by atoms with Gasteiger partial charge in [-0.15, -0.1) is 0 Å². The zero-order valence-corrected chi connectivity index (χ0v) is 19.3. The highest BCUT2D eigenvalue weighted by Gasteiger charge is 2.34. The Morgan fingerprint density at radius 3 is 2.27 bits per heavy atom. The van der Waals surface area contributed by atoms with Gasteiger partial charge >= 0.3 is 0 Å². The fourth-order valence-electron chi connectivity index (χ4n) is 4.98. The van der Waals surface area contributed by atoms with Gasteiger partial charge in [-0.3, -0.25) is 19.4 Å². The third-order valence-electron chi connectivity index (χ3n) is 7.19. The van der Waals surface area contributed by atoms with Crippen LogP contribution in [0.4, 0.5) is 0 Å². The van der Waals surface area contributed by atoms with Crippen molar-refractivity contribution >= 4 is 11.8 Å². The summed E-state index contributed by atoms with van der Waals surface area (Å²) >= 11 is 0. The maximum Gasteiger partial charge on any atom is 0.237 e. The molecular formula is C27H34N4O2. The van der Waals surface area contributed by atoms with Gasteiger partial charge in [0.2, 0.25) is 11.8 Å². The van der Waals surface area contributed by atoms with E-state index in [9.17, 15) is 9.59 Å². The molecule has 0 radical (unpaired) electrons. The van der Waals surface area contributed by atoms with Crippen LogP contribution in [0.1, 0.15) is 24.8 Å². The van der Waals surface area contributed by atoms with Crippen LogP contribution >= 0.6 is 0 Å². The molecule has 3 aliphatic rings. The molecular weight excluding hydrogens is 412 g/mol. The van der Waals surface area contributed by atoms with Crippen LogP contribution in [0.25, 0.3) is 11.1 Å². The van der Waals surface area contributed by atoms with Crippen molar-refractivity contribution < 1.29 is 9.59 Å². The smallest absolute Gasteiger partial charge is 0.237 e. The van der Waals surface area contributed by atoms with E-state index >= 15 is 0 Å². The zero-order valence-electron chi connectivity index (χ0n) is 19.3. The molecule has 0 unspecified atom stereocenters. The molecule has 1 N–H and O–H groups in total. The minimum Gasteiger partial charge on any atom is -0.353 e. The number of amides is 2. The molecule has 2 aromatic carbocycles. The third kappa shape index (κ3) is 5.63. The molecule has 0 spiro atoms. The Balaban J connectivity index is 1.18. The Morgan fingerprint density at radius 1 is 0.879 bits per heavy atom. The molecule has 2 aromatic rings. The van der Waals surface area contributed by atoms with Gasteiger partial charge in [-0.25, -0.2) is 0 Å². The summed E-state index contributed by atoms with van der Waals surface area (Å²) in [5.41, 5.74) is 3.54. The van der Waals surface area contributed by atoms with Crippen molar-refractivity contribution in [3.63, 3.8) is 0 Å². The number of hydrogen-bond acceptors (Lipinski definition) is 4. The van der Waals surface area contributed by atoms with Crippen molar-refractivity contribution in [2.24, 2.45) is 5.92 Å². The van der Waals surface area contributed by atoms with Crippen molar-refractivity contribution in [3.8, 4) is 11.1 Å².